The fourth-order valence-corrected chi connectivity index (χ4v) is 2.31. The van der Waals surface area contributed by atoms with Crippen molar-refractivity contribution < 1.29 is 4.74 Å². The summed E-state index contributed by atoms with van der Waals surface area (Å²) in [5.41, 5.74) is 0. The van der Waals surface area contributed by atoms with Crippen LogP contribution in [0.3, 0.4) is 0 Å². The number of morpholine rings is 1. The third-order valence-electron chi connectivity index (χ3n) is 2.63. The van der Waals surface area contributed by atoms with Crippen LogP contribution < -0.4 is 0 Å². The average Bonchev–Trinajstić information content (AvgIpc) is 2.11. The van der Waals surface area contributed by atoms with E-state index in [1.54, 1.807) is 0 Å². The molecule has 1 saturated heterocycles. The van der Waals surface area contributed by atoms with Crippen LogP contribution in [0.15, 0.2) is 0 Å². The third-order valence-corrected chi connectivity index (χ3v) is 2.94. The molecule has 2 nitrogen and oxygen atoms in total. The summed E-state index contributed by atoms with van der Waals surface area (Å²) in [4.78, 5) is 2.53. The zero-order chi connectivity index (χ0) is 10.4. The van der Waals surface area contributed by atoms with Gasteiger partial charge in [0.05, 0.1) is 12.2 Å². The number of hydrogen-bond acceptors (Lipinski definition) is 3. The monoisotopic (exact) mass is 217 g/mol. The molecule has 1 fully saturated rings. The molecule has 0 spiro atoms. The minimum absolute atomic E-state index is 0.406. The lowest BCUT2D eigenvalue weighted by Gasteiger charge is -2.35. The van der Waals surface area contributed by atoms with Crippen LogP contribution in [-0.4, -0.2) is 42.5 Å². The van der Waals surface area contributed by atoms with Gasteiger partial charge in [-0.1, -0.05) is 6.42 Å². The van der Waals surface area contributed by atoms with Gasteiger partial charge in [-0.15, -0.1) is 0 Å². The summed E-state index contributed by atoms with van der Waals surface area (Å²) in [5.74, 6) is 1.02. The highest BCUT2D eigenvalue weighted by Gasteiger charge is 2.21. The summed E-state index contributed by atoms with van der Waals surface area (Å²) < 4.78 is 5.69. The summed E-state index contributed by atoms with van der Waals surface area (Å²) in [6.07, 6.45) is 4.68. The van der Waals surface area contributed by atoms with Crippen LogP contribution in [0.2, 0.25) is 0 Å². The molecule has 0 saturated carbocycles. The Balaban J connectivity index is 2.10. The number of rotatable bonds is 5. The summed E-state index contributed by atoms with van der Waals surface area (Å²) in [5, 5.41) is 0. The van der Waals surface area contributed by atoms with Gasteiger partial charge in [0.1, 0.15) is 0 Å². The normalized spacial score (nSPS) is 29.4. The van der Waals surface area contributed by atoms with E-state index in [2.05, 4.69) is 31.4 Å². The Labute approximate surface area is 93.4 Å². The van der Waals surface area contributed by atoms with E-state index in [9.17, 15) is 0 Å². The molecule has 1 heterocycles. The molecular formula is C11H23NOS. The second-order valence-corrected chi connectivity index (χ2v) is 4.75. The summed E-state index contributed by atoms with van der Waals surface area (Å²) in [7, 11) is 0. The molecule has 1 aliphatic rings. The Hall–Kier alpha value is 0.270. The van der Waals surface area contributed by atoms with Crippen molar-refractivity contribution in [2.24, 2.45) is 0 Å². The van der Waals surface area contributed by atoms with Crippen LogP contribution in [0.4, 0.5) is 0 Å². The molecule has 0 aromatic heterocycles. The molecule has 0 amide bonds. The molecule has 2 unspecified atom stereocenters. The Kier molecular flexibility index (Phi) is 5.90. The Bertz CT molecular complexity index is 144. The van der Waals surface area contributed by atoms with Gasteiger partial charge in [0, 0.05) is 13.1 Å². The van der Waals surface area contributed by atoms with Crippen molar-refractivity contribution >= 4 is 12.6 Å². The molecule has 14 heavy (non-hydrogen) atoms. The van der Waals surface area contributed by atoms with E-state index >= 15 is 0 Å². The lowest BCUT2D eigenvalue weighted by Crippen LogP contribution is -2.45. The lowest BCUT2D eigenvalue weighted by atomic mass is 10.2. The van der Waals surface area contributed by atoms with Gasteiger partial charge in [0.2, 0.25) is 0 Å². The smallest absolute Gasteiger partial charge is 0.0678 e. The Morgan fingerprint density at radius 3 is 2.36 bits per heavy atom. The first kappa shape index (κ1) is 12.3. The van der Waals surface area contributed by atoms with Crippen molar-refractivity contribution in [1.82, 2.24) is 4.90 Å². The van der Waals surface area contributed by atoms with Crippen LogP contribution >= 0.6 is 12.6 Å². The van der Waals surface area contributed by atoms with Crippen molar-refractivity contribution in [1.29, 1.82) is 0 Å². The molecule has 3 heteroatoms. The fourth-order valence-electron chi connectivity index (χ4n) is 2.09. The highest BCUT2D eigenvalue weighted by Crippen LogP contribution is 2.11. The zero-order valence-corrected chi connectivity index (χ0v) is 10.3. The van der Waals surface area contributed by atoms with Crippen LogP contribution in [-0.2, 0) is 4.74 Å². The Morgan fingerprint density at radius 2 is 1.79 bits per heavy atom. The van der Waals surface area contributed by atoms with Crippen LogP contribution in [0.5, 0.6) is 0 Å². The van der Waals surface area contributed by atoms with Gasteiger partial charge < -0.3 is 4.74 Å². The van der Waals surface area contributed by atoms with E-state index in [1.165, 1.54) is 25.8 Å². The minimum Gasteiger partial charge on any atom is -0.373 e. The maximum atomic E-state index is 5.69. The Morgan fingerprint density at radius 1 is 1.14 bits per heavy atom. The second-order valence-electron chi connectivity index (χ2n) is 4.30. The predicted octanol–water partition coefficient (Wildman–Crippen LogP) is 2.20. The van der Waals surface area contributed by atoms with Crippen molar-refractivity contribution in [3.63, 3.8) is 0 Å². The predicted molar refractivity (Wildman–Crippen MR) is 64.2 cm³/mol. The van der Waals surface area contributed by atoms with Gasteiger partial charge in [0.15, 0.2) is 0 Å². The molecule has 1 aliphatic heterocycles. The third kappa shape index (κ3) is 4.67. The quantitative estimate of drug-likeness (QED) is 0.560. The van der Waals surface area contributed by atoms with E-state index < -0.39 is 0 Å². The van der Waals surface area contributed by atoms with E-state index in [0.29, 0.717) is 12.2 Å². The molecule has 1 rings (SSSR count). The SMILES string of the molecule is CC1CN(CCCCCS)CC(C)O1. The molecule has 0 bridgehead atoms. The molecule has 0 aliphatic carbocycles. The number of unbranched alkanes of at least 4 members (excludes halogenated alkanes) is 2. The number of hydrogen-bond donors (Lipinski definition) is 1. The van der Waals surface area contributed by atoms with Gasteiger partial charge in [-0.25, -0.2) is 0 Å². The van der Waals surface area contributed by atoms with E-state index in [0.717, 1.165) is 18.8 Å². The molecule has 0 N–H and O–H groups in total. The first-order valence-corrected chi connectivity index (χ1v) is 6.34. The first-order valence-electron chi connectivity index (χ1n) is 5.71. The van der Waals surface area contributed by atoms with Crippen molar-refractivity contribution in [2.45, 2.75) is 45.3 Å². The molecule has 2 atom stereocenters. The number of nitrogens with zero attached hydrogens (tertiary/aromatic N) is 1. The fraction of sp³-hybridized carbons (Fsp3) is 1.00. The zero-order valence-electron chi connectivity index (χ0n) is 9.41. The van der Waals surface area contributed by atoms with Crippen LogP contribution in [0.1, 0.15) is 33.1 Å². The van der Waals surface area contributed by atoms with Crippen molar-refractivity contribution in [3.8, 4) is 0 Å². The van der Waals surface area contributed by atoms with Crippen molar-refractivity contribution in [3.05, 3.63) is 0 Å². The van der Waals surface area contributed by atoms with E-state index in [4.69, 9.17) is 4.74 Å². The highest BCUT2D eigenvalue weighted by molar-refractivity contribution is 7.80. The largest absolute Gasteiger partial charge is 0.373 e. The van der Waals surface area contributed by atoms with E-state index in [-0.39, 0.29) is 0 Å². The molecule has 84 valence electrons. The minimum atomic E-state index is 0.406. The van der Waals surface area contributed by atoms with Gasteiger partial charge in [-0.3, -0.25) is 4.90 Å². The maximum Gasteiger partial charge on any atom is 0.0678 e. The topological polar surface area (TPSA) is 12.5 Å². The second kappa shape index (κ2) is 6.70. The molecule has 0 aromatic carbocycles. The van der Waals surface area contributed by atoms with Gasteiger partial charge in [-0.2, -0.15) is 12.6 Å². The molecule has 0 radical (unpaired) electrons. The summed E-state index contributed by atoms with van der Waals surface area (Å²) >= 11 is 4.22. The summed E-state index contributed by atoms with van der Waals surface area (Å²) in [6.45, 7) is 7.76. The average molecular weight is 217 g/mol. The van der Waals surface area contributed by atoms with Crippen LogP contribution in [0, 0.1) is 0 Å². The maximum absolute atomic E-state index is 5.69. The highest BCUT2D eigenvalue weighted by atomic mass is 32.1. The van der Waals surface area contributed by atoms with Crippen molar-refractivity contribution in [2.75, 3.05) is 25.4 Å². The molecular weight excluding hydrogens is 194 g/mol. The van der Waals surface area contributed by atoms with Crippen LogP contribution in [0.25, 0.3) is 0 Å². The standard InChI is InChI=1S/C11H23NOS/c1-10-8-12(9-11(2)13-10)6-4-3-5-7-14/h10-11,14H,3-9H2,1-2H3. The van der Waals surface area contributed by atoms with Gasteiger partial charge in [0.25, 0.3) is 0 Å². The lowest BCUT2D eigenvalue weighted by molar-refractivity contribution is -0.0681. The number of ether oxygens (including phenoxy) is 1. The molecule has 0 aromatic rings. The summed E-state index contributed by atoms with van der Waals surface area (Å²) in [6, 6.07) is 0. The van der Waals surface area contributed by atoms with E-state index in [1.807, 2.05) is 0 Å². The van der Waals surface area contributed by atoms with Gasteiger partial charge >= 0.3 is 0 Å². The number of thiol groups is 1. The van der Waals surface area contributed by atoms with Gasteiger partial charge in [-0.05, 0) is 39.0 Å². The first-order chi connectivity index (χ1) is 6.72.